The van der Waals surface area contributed by atoms with Crippen molar-refractivity contribution in [3.05, 3.63) is 12.2 Å². The Labute approximate surface area is 144 Å². The van der Waals surface area contributed by atoms with Crippen LogP contribution in [-0.4, -0.2) is 36.9 Å². The number of nitrogens with two attached hydrogens (primary N) is 1. The Kier molecular flexibility index (Phi) is 13.2. The molecule has 2 N–H and O–H groups in total. The van der Waals surface area contributed by atoms with Crippen molar-refractivity contribution in [1.82, 2.24) is 4.90 Å². The highest BCUT2D eigenvalue weighted by Crippen LogP contribution is 2.16. The molecule has 0 aromatic rings. The maximum absolute atomic E-state index is 5.64. The van der Waals surface area contributed by atoms with Crippen molar-refractivity contribution in [2.45, 2.75) is 90.1 Å². The molecule has 0 aliphatic carbocycles. The molecule has 0 saturated carbocycles. The third-order valence-corrected chi connectivity index (χ3v) is 4.67. The summed E-state index contributed by atoms with van der Waals surface area (Å²) in [5.74, 6) is 0. The summed E-state index contributed by atoms with van der Waals surface area (Å²) in [6.45, 7) is 4.93. The van der Waals surface area contributed by atoms with E-state index < -0.39 is 0 Å². The fourth-order valence-electron chi connectivity index (χ4n) is 3.26. The Morgan fingerprint density at radius 2 is 1.65 bits per heavy atom. The van der Waals surface area contributed by atoms with E-state index in [1.54, 1.807) is 0 Å². The molecule has 23 heavy (non-hydrogen) atoms. The Balaban J connectivity index is 1.81. The van der Waals surface area contributed by atoms with Crippen LogP contribution in [0.2, 0.25) is 0 Å². The molecular weight excluding hydrogens is 282 g/mol. The van der Waals surface area contributed by atoms with E-state index >= 15 is 0 Å². The first-order chi connectivity index (χ1) is 11.4. The molecule has 3 nitrogen and oxygen atoms in total. The fourth-order valence-corrected chi connectivity index (χ4v) is 3.26. The maximum atomic E-state index is 5.64. The lowest BCUT2D eigenvalue weighted by molar-refractivity contribution is 0.241. The molecule has 1 unspecified atom stereocenters. The molecule has 0 bridgehead atoms. The maximum Gasteiger partial charge on any atom is 0.102 e. The minimum absolute atomic E-state index is 0.417. The van der Waals surface area contributed by atoms with Crippen molar-refractivity contribution in [2.75, 3.05) is 19.6 Å². The van der Waals surface area contributed by atoms with Crippen molar-refractivity contribution >= 4 is 6.21 Å². The summed E-state index contributed by atoms with van der Waals surface area (Å²) in [4.78, 5) is 6.97. The van der Waals surface area contributed by atoms with Gasteiger partial charge >= 0.3 is 0 Å². The van der Waals surface area contributed by atoms with Gasteiger partial charge in [-0.2, -0.15) is 0 Å². The highest BCUT2D eigenvalue weighted by molar-refractivity contribution is 5.62. The highest BCUT2D eigenvalue weighted by atomic mass is 15.3. The van der Waals surface area contributed by atoms with E-state index in [1.165, 1.54) is 77.0 Å². The number of nitrogens with zero attached hydrogens (tertiary/aromatic N) is 2. The largest absolute Gasteiger partial charge is 0.329 e. The molecule has 0 fully saturated rings. The van der Waals surface area contributed by atoms with Crippen LogP contribution in [0.5, 0.6) is 0 Å². The Hall–Kier alpha value is -0.670. The lowest BCUT2D eigenvalue weighted by Gasteiger charge is -2.21. The normalized spacial score (nSPS) is 18.4. The minimum Gasteiger partial charge on any atom is -0.329 e. The molecular formula is C20H39N3. The number of hydrogen-bond acceptors (Lipinski definition) is 3. The van der Waals surface area contributed by atoms with Crippen molar-refractivity contribution in [3.8, 4) is 0 Å². The summed E-state index contributed by atoms with van der Waals surface area (Å²) >= 11 is 0. The molecule has 0 radical (unpaired) electrons. The summed E-state index contributed by atoms with van der Waals surface area (Å²) in [5.41, 5.74) is 5.64. The van der Waals surface area contributed by atoms with Gasteiger partial charge in [-0.3, -0.25) is 9.89 Å². The second-order valence-corrected chi connectivity index (χ2v) is 6.73. The third-order valence-electron chi connectivity index (χ3n) is 4.67. The predicted octanol–water partition coefficient (Wildman–Crippen LogP) is 4.91. The summed E-state index contributed by atoms with van der Waals surface area (Å²) in [5, 5.41) is 0. The first-order valence-corrected chi connectivity index (χ1v) is 9.99. The average Bonchev–Trinajstić information content (AvgIpc) is 2.99. The molecule has 134 valence electrons. The summed E-state index contributed by atoms with van der Waals surface area (Å²) in [6, 6.07) is 0. The molecule has 0 aromatic carbocycles. The molecule has 0 saturated heterocycles. The van der Waals surface area contributed by atoms with E-state index in [-0.39, 0.29) is 0 Å². The van der Waals surface area contributed by atoms with Gasteiger partial charge in [-0.05, 0) is 32.1 Å². The van der Waals surface area contributed by atoms with E-state index in [4.69, 9.17) is 5.73 Å². The Bertz CT molecular complexity index is 312. The van der Waals surface area contributed by atoms with Crippen LogP contribution in [0.15, 0.2) is 17.1 Å². The van der Waals surface area contributed by atoms with Crippen LogP contribution in [0.1, 0.15) is 84.0 Å². The van der Waals surface area contributed by atoms with Crippen LogP contribution in [0, 0.1) is 0 Å². The SMILES string of the molecule is CC/C=C/CCCCCCCCCCCC1N=CCN1CCN. The monoisotopic (exact) mass is 321 g/mol. The Morgan fingerprint density at radius 1 is 1.00 bits per heavy atom. The quantitative estimate of drug-likeness (QED) is 0.344. The van der Waals surface area contributed by atoms with Crippen LogP contribution in [-0.2, 0) is 0 Å². The van der Waals surface area contributed by atoms with E-state index in [0.717, 1.165) is 19.6 Å². The summed E-state index contributed by atoms with van der Waals surface area (Å²) in [7, 11) is 0. The molecule has 3 heteroatoms. The van der Waals surface area contributed by atoms with Gasteiger partial charge in [0.25, 0.3) is 0 Å². The van der Waals surface area contributed by atoms with E-state index in [1.807, 2.05) is 0 Å². The second kappa shape index (κ2) is 14.9. The Morgan fingerprint density at radius 3 is 2.30 bits per heavy atom. The molecule has 0 amide bonds. The first-order valence-electron chi connectivity index (χ1n) is 9.99. The lowest BCUT2D eigenvalue weighted by Crippen LogP contribution is -2.34. The van der Waals surface area contributed by atoms with Crippen molar-refractivity contribution in [2.24, 2.45) is 10.7 Å². The number of unbranched alkanes of at least 4 members (excludes halogenated alkanes) is 9. The van der Waals surface area contributed by atoms with Crippen molar-refractivity contribution in [1.29, 1.82) is 0 Å². The minimum atomic E-state index is 0.417. The molecule has 1 rings (SSSR count). The number of rotatable bonds is 15. The molecule has 1 heterocycles. The van der Waals surface area contributed by atoms with Gasteiger partial charge in [0, 0.05) is 25.8 Å². The topological polar surface area (TPSA) is 41.6 Å². The fraction of sp³-hybridized carbons (Fsp3) is 0.850. The summed E-state index contributed by atoms with van der Waals surface area (Å²) < 4.78 is 0. The smallest absolute Gasteiger partial charge is 0.102 e. The van der Waals surface area contributed by atoms with Gasteiger partial charge in [0.2, 0.25) is 0 Å². The van der Waals surface area contributed by atoms with Gasteiger partial charge in [0.15, 0.2) is 0 Å². The van der Waals surface area contributed by atoms with Gasteiger partial charge in [-0.25, -0.2) is 0 Å². The highest BCUT2D eigenvalue weighted by Gasteiger charge is 2.19. The van der Waals surface area contributed by atoms with Gasteiger partial charge in [0.1, 0.15) is 6.17 Å². The van der Waals surface area contributed by atoms with Gasteiger partial charge in [0.05, 0.1) is 0 Å². The van der Waals surface area contributed by atoms with E-state index in [9.17, 15) is 0 Å². The van der Waals surface area contributed by atoms with Crippen LogP contribution in [0.3, 0.4) is 0 Å². The number of hydrogen-bond donors (Lipinski definition) is 1. The van der Waals surface area contributed by atoms with E-state index in [0.29, 0.717) is 6.17 Å². The molecule has 0 spiro atoms. The molecule has 1 aliphatic rings. The van der Waals surface area contributed by atoms with Crippen LogP contribution in [0.4, 0.5) is 0 Å². The predicted molar refractivity (Wildman–Crippen MR) is 103 cm³/mol. The van der Waals surface area contributed by atoms with E-state index in [2.05, 4.69) is 35.2 Å². The average molecular weight is 322 g/mol. The number of aliphatic imine (C=N–C) groups is 1. The van der Waals surface area contributed by atoms with Gasteiger partial charge in [-0.1, -0.05) is 64.0 Å². The first kappa shape index (κ1) is 20.4. The van der Waals surface area contributed by atoms with Crippen LogP contribution < -0.4 is 5.73 Å². The molecule has 0 aromatic heterocycles. The zero-order valence-electron chi connectivity index (χ0n) is 15.4. The van der Waals surface area contributed by atoms with Crippen molar-refractivity contribution < 1.29 is 0 Å². The molecule has 1 aliphatic heterocycles. The van der Waals surface area contributed by atoms with Crippen molar-refractivity contribution in [3.63, 3.8) is 0 Å². The second-order valence-electron chi connectivity index (χ2n) is 6.73. The summed E-state index contributed by atoms with van der Waals surface area (Å²) in [6.07, 6.45) is 23.3. The molecule has 1 atom stereocenters. The van der Waals surface area contributed by atoms with Crippen LogP contribution >= 0.6 is 0 Å². The van der Waals surface area contributed by atoms with Gasteiger partial charge in [-0.15, -0.1) is 0 Å². The van der Waals surface area contributed by atoms with Crippen LogP contribution in [0.25, 0.3) is 0 Å². The zero-order valence-corrected chi connectivity index (χ0v) is 15.4. The number of allylic oxidation sites excluding steroid dienone is 2. The lowest BCUT2D eigenvalue weighted by atomic mass is 10.0. The van der Waals surface area contributed by atoms with Gasteiger partial charge < -0.3 is 5.73 Å². The third kappa shape index (κ3) is 10.7. The standard InChI is InChI=1S/C20H39N3/c1-2-3-4-5-6-7-8-9-10-11-12-13-14-15-20-22-17-19-23(20)18-16-21/h3-4,17,20H,2,5-16,18-19,21H2,1H3/b4-3+. The zero-order chi connectivity index (χ0) is 16.6.